The van der Waals surface area contributed by atoms with E-state index in [1.54, 1.807) is 17.7 Å². The summed E-state index contributed by atoms with van der Waals surface area (Å²) in [5, 5.41) is 2.69. The zero-order valence-electron chi connectivity index (χ0n) is 29.5. The van der Waals surface area contributed by atoms with Gasteiger partial charge in [0.2, 0.25) is 0 Å². The number of hydrogen-bond acceptors (Lipinski definition) is 0. The van der Waals surface area contributed by atoms with E-state index in [-0.39, 0.29) is 35.6 Å². The topological polar surface area (TPSA) is 0 Å². The van der Waals surface area contributed by atoms with E-state index in [2.05, 4.69) is 168 Å². The first-order valence-electron chi connectivity index (χ1n) is 16.9. The van der Waals surface area contributed by atoms with Crippen molar-refractivity contribution in [3.8, 4) is 11.1 Å². The number of fused-ring (bicyclic) bond motifs is 4. The molecule has 1 unspecified atom stereocenters. The third-order valence-corrected chi connectivity index (χ3v) is 17.9. The van der Waals surface area contributed by atoms with Crippen LogP contribution in [0.4, 0.5) is 0 Å². The summed E-state index contributed by atoms with van der Waals surface area (Å²) >= 11 is -2.77. The normalized spacial score (nSPS) is 15.5. The first-order valence-corrected chi connectivity index (χ1v) is 20.8. The van der Waals surface area contributed by atoms with Gasteiger partial charge in [-0.2, -0.15) is 0 Å². The van der Waals surface area contributed by atoms with Crippen LogP contribution < -0.4 is 28.1 Å². The molecule has 5 aromatic carbocycles. The molecule has 3 heteroatoms. The van der Waals surface area contributed by atoms with Crippen LogP contribution in [0, 0.1) is 5.92 Å². The molecule has 0 radical (unpaired) electrons. The van der Waals surface area contributed by atoms with Crippen molar-refractivity contribution in [2.24, 2.45) is 5.92 Å². The number of allylic oxidation sites excluding steroid dienone is 4. The van der Waals surface area contributed by atoms with Gasteiger partial charge in [0.05, 0.1) is 0 Å². The minimum absolute atomic E-state index is 0. The van der Waals surface area contributed by atoms with Crippen molar-refractivity contribution in [3.63, 3.8) is 0 Å². The maximum Gasteiger partial charge on any atom is -1.00 e. The van der Waals surface area contributed by atoms with Gasteiger partial charge in [-0.25, -0.2) is 0 Å². The molecule has 1 atom stereocenters. The van der Waals surface area contributed by atoms with E-state index >= 15 is 0 Å². The minimum atomic E-state index is -2.77. The van der Waals surface area contributed by atoms with Gasteiger partial charge in [0.25, 0.3) is 0 Å². The number of halogens is 2. The van der Waals surface area contributed by atoms with Crippen molar-refractivity contribution in [1.82, 2.24) is 0 Å². The molecule has 0 fully saturated rings. The molecule has 0 saturated carbocycles. The van der Waals surface area contributed by atoms with Crippen molar-refractivity contribution < 1.29 is 46.1 Å². The predicted molar refractivity (Wildman–Crippen MR) is 197 cm³/mol. The van der Waals surface area contributed by atoms with E-state index in [4.69, 9.17) is 0 Å². The van der Waals surface area contributed by atoms with E-state index in [0.29, 0.717) is 5.92 Å². The maximum absolute atomic E-state index is 2.80. The van der Waals surface area contributed by atoms with Crippen LogP contribution in [0.3, 0.4) is 0 Å². The Balaban J connectivity index is 0.00000225. The Hall–Kier alpha value is -2.83. The van der Waals surface area contributed by atoms with Gasteiger partial charge in [0.15, 0.2) is 0 Å². The van der Waals surface area contributed by atoms with E-state index in [0.717, 1.165) is 6.42 Å². The quantitative estimate of drug-likeness (QED) is 0.235. The number of rotatable bonds is 4. The predicted octanol–water partition coefficient (Wildman–Crippen LogP) is 5.12. The zero-order chi connectivity index (χ0) is 32.4. The summed E-state index contributed by atoms with van der Waals surface area (Å²) in [5.74, 6) is 0.413. The molecule has 0 N–H and O–H groups in total. The molecule has 5 aromatic rings. The number of hydrogen-bond donors (Lipinski definition) is 0. The molecule has 7 rings (SSSR count). The van der Waals surface area contributed by atoms with Crippen molar-refractivity contribution in [3.05, 3.63) is 151 Å². The van der Waals surface area contributed by atoms with Gasteiger partial charge in [-0.3, -0.25) is 0 Å². The summed E-state index contributed by atoms with van der Waals surface area (Å²) in [4.78, 5) is 0. The Kier molecular flexibility index (Phi) is 10.5. The monoisotopic (exact) mass is 746 g/mol. The van der Waals surface area contributed by atoms with Crippen LogP contribution >= 0.6 is 0 Å². The van der Waals surface area contributed by atoms with E-state index in [1.165, 1.54) is 55.3 Å². The van der Waals surface area contributed by atoms with Crippen molar-refractivity contribution in [1.29, 1.82) is 0 Å². The molecule has 0 saturated heterocycles. The summed E-state index contributed by atoms with van der Waals surface area (Å²) in [5.41, 5.74) is 14.8. The molecular formula is C45H46Cl2Zr. The first-order chi connectivity index (χ1) is 21.9. The molecule has 2 aliphatic carbocycles. The average molecular weight is 749 g/mol. The van der Waals surface area contributed by atoms with Crippen LogP contribution in [0.15, 0.2) is 118 Å². The molecule has 0 aliphatic heterocycles. The van der Waals surface area contributed by atoms with Crippen molar-refractivity contribution >= 4 is 23.3 Å². The summed E-state index contributed by atoms with van der Waals surface area (Å²) in [6.45, 7) is 19.1. The fourth-order valence-electron chi connectivity index (χ4n) is 7.82. The summed E-state index contributed by atoms with van der Waals surface area (Å²) < 4.78 is 6.23. The van der Waals surface area contributed by atoms with Gasteiger partial charge in [-0.15, -0.1) is 0 Å². The van der Waals surface area contributed by atoms with E-state index in [1.807, 2.05) is 0 Å². The Morgan fingerprint density at radius 3 is 2.08 bits per heavy atom. The van der Waals surface area contributed by atoms with Crippen LogP contribution in [0.2, 0.25) is 0 Å². The molecule has 0 heterocycles. The average Bonchev–Trinajstić information content (AvgIpc) is 3.55. The zero-order valence-corrected chi connectivity index (χ0v) is 33.5. The fraction of sp³-hybridized carbons (Fsp3) is 0.267. The third-order valence-electron chi connectivity index (χ3n) is 10.2. The Morgan fingerprint density at radius 2 is 1.38 bits per heavy atom. The molecule has 244 valence electrons. The van der Waals surface area contributed by atoms with Gasteiger partial charge in [-0.1, -0.05) is 0 Å². The van der Waals surface area contributed by atoms with Crippen LogP contribution in [0.1, 0.15) is 88.8 Å². The van der Waals surface area contributed by atoms with Gasteiger partial charge < -0.3 is 24.8 Å². The Morgan fingerprint density at radius 1 is 0.708 bits per heavy atom. The molecule has 0 nitrogen and oxygen atoms in total. The van der Waals surface area contributed by atoms with Gasteiger partial charge in [-0.05, 0) is 0 Å². The van der Waals surface area contributed by atoms with Crippen LogP contribution in [-0.4, -0.2) is 3.71 Å². The second-order valence-corrected chi connectivity index (χ2v) is 20.8. The van der Waals surface area contributed by atoms with Gasteiger partial charge in [0.1, 0.15) is 0 Å². The molecule has 0 spiro atoms. The number of benzene rings is 5. The fourth-order valence-corrected chi connectivity index (χ4v) is 16.5. The van der Waals surface area contributed by atoms with E-state index < -0.39 is 21.3 Å². The minimum Gasteiger partial charge on any atom is -1.00 e. The molecule has 2 aliphatic rings. The largest absolute Gasteiger partial charge is 1.00 e. The molecule has 0 amide bonds. The van der Waals surface area contributed by atoms with Crippen molar-refractivity contribution in [2.45, 2.75) is 72.6 Å². The summed E-state index contributed by atoms with van der Waals surface area (Å²) in [6.07, 6.45) is 3.59. The first kappa shape index (κ1) is 36.5. The second kappa shape index (κ2) is 13.8. The molecule has 0 aromatic heterocycles. The second-order valence-electron chi connectivity index (χ2n) is 15.5. The smallest absolute Gasteiger partial charge is 1.00 e. The van der Waals surface area contributed by atoms with E-state index in [9.17, 15) is 0 Å². The summed E-state index contributed by atoms with van der Waals surface area (Å²) in [6, 6.07) is 39.1. The maximum atomic E-state index is 2.80. The van der Waals surface area contributed by atoms with Gasteiger partial charge in [0, 0.05) is 0 Å². The van der Waals surface area contributed by atoms with Crippen molar-refractivity contribution in [2.75, 3.05) is 0 Å². The Labute approximate surface area is 308 Å². The van der Waals surface area contributed by atoms with Crippen LogP contribution in [-0.2, 0) is 38.5 Å². The van der Waals surface area contributed by atoms with Crippen LogP contribution in [0.5, 0.6) is 0 Å². The molecule has 0 bridgehead atoms. The van der Waals surface area contributed by atoms with Gasteiger partial charge >= 0.3 is 286 Å². The Bertz CT molecular complexity index is 2090. The third kappa shape index (κ3) is 6.56. The molecule has 48 heavy (non-hydrogen) atoms. The van der Waals surface area contributed by atoms with Crippen LogP contribution in [0.25, 0.3) is 27.5 Å². The summed E-state index contributed by atoms with van der Waals surface area (Å²) in [7, 11) is 0. The molecular weight excluding hydrogens is 703 g/mol. The SMILES string of the molecule is CC1=[C](/[Zr+2](=[CH]/c2cccc3ccccc23)[c]2c(C(C)(C)C)ccc3c2Cc2cc(C(C)(C)C)ccc2-3)C(C)C=C1c1ccccc1.[Cl-].[Cl-]. The standard InChI is InChI=1S/C21H25.C13H13.C11H8.2ClH.Zr/c1-20(2,3)16-7-9-18-14(12-16)11-15-13-17(21(4,5)6)8-10-19(15)18;1-10-8-11(2)13(9-10)12-6-4-3-5-7-12;1-9-5-4-7-10-6-2-3-8-11(9)10;;;/h7-10,12H,11H2,1-6H3;3-7,9-10H,1-2H3;1-8H;2*1H;/q;;;;;+2/p-2.